The van der Waals surface area contributed by atoms with Gasteiger partial charge in [-0.1, -0.05) is 0 Å². The van der Waals surface area contributed by atoms with Crippen LogP contribution < -0.4 is 24.3 Å². The number of esters is 1. The Morgan fingerprint density at radius 3 is 2.44 bits per heavy atom. The van der Waals surface area contributed by atoms with Crippen molar-refractivity contribution >= 4 is 17.6 Å². The average Bonchev–Trinajstić information content (AvgIpc) is 3.15. The van der Waals surface area contributed by atoms with Gasteiger partial charge >= 0.3 is 5.97 Å². The summed E-state index contributed by atoms with van der Waals surface area (Å²) in [7, 11) is 0. The molecule has 0 unspecified atom stereocenters. The van der Waals surface area contributed by atoms with Crippen LogP contribution in [0.15, 0.2) is 36.4 Å². The minimum absolute atomic E-state index is 0.113. The first-order valence-electron chi connectivity index (χ1n) is 8.41. The third-order valence-corrected chi connectivity index (χ3v) is 4.07. The third-order valence-electron chi connectivity index (χ3n) is 4.07. The van der Waals surface area contributed by atoms with Crippen LogP contribution in [-0.2, 0) is 9.53 Å². The Bertz CT molecular complexity index is 896. The number of amides is 1. The molecule has 0 aliphatic carbocycles. The van der Waals surface area contributed by atoms with Crippen molar-refractivity contribution < 1.29 is 33.3 Å². The van der Waals surface area contributed by atoms with E-state index in [1.165, 1.54) is 13.0 Å². The molecule has 140 valence electrons. The van der Waals surface area contributed by atoms with Crippen LogP contribution in [0.5, 0.6) is 23.0 Å². The number of benzene rings is 2. The van der Waals surface area contributed by atoms with Gasteiger partial charge in [-0.3, -0.25) is 4.79 Å². The van der Waals surface area contributed by atoms with Gasteiger partial charge in [-0.2, -0.15) is 0 Å². The molecular formula is C19H17NO7. The highest BCUT2D eigenvalue weighted by Crippen LogP contribution is 2.33. The molecule has 1 amide bonds. The van der Waals surface area contributed by atoms with Gasteiger partial charge < -0.3 is 29.0 Å². The van der Waals surface area contributed by atoms with Gasteiger partial charge in [0.1, 0.15) is 13.2 Å². The first kappa shape index (κ1) is 17.0. The zero-order valence-corrected chi connectivity index (χ0v) is 14.5. The molecule has 0 fully saturated rings. The SMILES string of the molecule is C[C@@H](OC(=O)c1ccc2c(c1)OCO2)C(=O)Nc1ccc2c(c1)OCCO2. The summed E-state index contributed by atoms with van der Waals surface area (Å²) in [5.41, 5.74) is 0.799. The molecule has 2 aromatic carbocycles. The zero-order chi connectivity index (χ0) is 18.8. The molecule has 2 aromatic rings. The van der Waals surface area contributed by atoms with E-state index in [0.717, 1.165) is 0 Å². The molecule has 2 aliphatic heterocycles. The summed E-state index contributed by atoms with van der Waals surface area (Å²) in [4.78, 5) is 24.6. The van der Waals surface area contributed by atoms with E-state index in [2.05, 4.69) is 5.32 Å². The standard InChI is InChI=1S/C19H17NO7/c1-11(27-19(22)12-2-4-15-16(8-12)26-10-25-15)18(21)20-13-3-5-14-17(9-13)24-7-6-23-14/h2-5,8-9,11H,6-7,10H2,1H3,(H,20,21)/t11-/m1/s1. The molecule has 4 rings (SSSR count). The summed E-state index contributed by atoms with van der Waals surface area (Å²) >= 11 is 0. The highest BCUT2D eigenvalue weighted by Gasteiger charge is 2.22. The van der Waals surface area contributed by atoms with Crippen LogP contribution in [0, 0.1) is 0 Å². The molecule has 1 atom stereocenters. The number of carbonyl (C=O) groups is 2. The number of anilines is 1. The molecule has 0 spiro atoms. The summed E-state index contributed by atoms with van der Waals surface area (Å²) < 4.78 is 26.6. The number of fused-ring (bicyclic) bond motifs is 2. The second-order valence-electron chi connectivity index (χ2n) is 5.96. The van der Waals surface area contributed by atoms with Crippen molar-refractivity contribution in [2.75, 3.05) is 25.3 Å². The number of ether oxygens (including phenoxy) is 5. The Balaban J connectivity index is 1.38. The van der Waals surface area contributed by atoms with Crippen molar-refractivity contribution in [3.8, 4) is 23.0 Å². The van der Waals surface area contributed by atoms with E-state index in [1.807, 2.05) is 0 Å². The van der Waals surface area contributed by atoms with Crippen molar-refractivity contribution in [1.82, 2.24) is 0 Å². The van der Waals surface area contributed by atoms with E-state index in [9.17, 15) is 9.59 Å². The molecule has 0 saturated carbocycles. The van der Waals surface area contributed by atoms with Gasteiger partial charge in [-0.05, 0) is 37.3 Å². The number of hydrogen-bond donors (Lipinski definition) is 1. The minimum Gasteiger partial charge on any atom is -0.486 e. The van der Waals surface area contributed by atoms with Crippen molar-refractivity contribution in [2.45, 2.75) is 13.0 Å². The number of hydrogen-bond acceptors (Lipinski definition) is 7. The normalized spacial score (nSPS) is 15.0. The first-order chi connectivity index (χ1) is 13.1. The summed E-state index contributed by atoms with van der Waals surface area (Å²) in [5.74, 6) is 1.14. The Morgan fingerprint density at radius 1 is 0.926 bits per heavy atom. The Morgan fingerprint density at radius 2 is 1.59 bits per heavy atom. The average molecular weight is 371 g/mol. The summed E-state index contributed by atoms with van der Waals surface area (Å²) in [6.45, 7) is 2.56. The van der Waals surface area contributed by atoms with Crippen LogP contribution in [0.2, 0.25) is 0 Å². The lowest BCUT2D eigenvalue weighted by atomic mass is 10.2. The van der Waals surface area contributed by atoms with Crippen molar-refractivity contribution in [3.63, 3.8) is 0 Å². The highest BCUT2D eigenvalue weighted by atomic mass is 16.7. The van der Waals surface area contributed by atoms with Gasteiger partial charge in [-0.25, -0.2) is 4.79 Å². The van der Waals surface area contributed by atoms with E-state index in [4.69, 9.17) is 23.7 Å². The molecule has 0 bridgehead atoms. The van der Waals surface area contributed by atoms with Gasteiger partial charge in [0.25, 0.3) is 5.91 Å². The van der Waals surface area contributed by atoms with Crippen LogP contribution in [0.25, 0.3) is 0 Å². The fourth-order valence-corrected chi connectivity index (χ4v) is 2.67. The fraction of sp³-hybridized carbons (Fsp3) is 0.263. The molecule has 8 nitrogen and oxygen atoms in total. The summed E-state index contributed by atoms with van der Waals surface area (Å²) in [6.07, 6.45) is -0.990. The lowest BCUT2D eigenvalue weighted by Crippen LogP contribution is -2.30. The third kappa shape index (κ3) is 3.59. The number of rotatable bonds is 4. The largest absolute Gasteiger partial charge is 0.486 e. The number of nitrogens with one attached hydrogen (secondary N) is 1. The van der Waals surface area contributed by atoms with Gasteiger partial charge in [0.15, 0.2) is 29.1 Å². The van der Waals surface area contributed by atoms with Crippen LogP contribution in [0.3, 0.4) is 0 Å². The maximum absolute atomic E-state index is 12.3. The predicted octanol–water partition coefficient (Wildman–Crippen LogP) is 2.37. The zero-order valence-electron chi connectivity index (χ0n) is 14.5. The Kier molecular flexibility index (Phi) is 4.45. The molecule has 0 aromatic heterocycles. The maximum atomic E-state index is 12.3. The summed E-state index contributed by atoms with van der Waals surface area (Å²) in [5, 5.41) is 2.69. The van der Waals surface area contributed by atoms with Crippen molar-refractivity contribution in [2.24, 2.45) is 0 Å². The first-order valence-corrected chi connectivity index (χ1v) is 8.41. The second-order valence-corrected chi connectivity index (χ2v) is 5.96. The Hall–Kier alpha value is -3.42. The summed E-state index contributed by atoms with van der Waals surface area (Å²) in [6, 6.07) is 9.78. The maximum Gasteiger partial charge on any atom is 0.339 e. The number of carbonyl (C=O) groups excluding carboxylic acids is 2. The van der Waals surface area contributed by atoms with Crippen molar-refractivity contribution in [1.29, 1.82) is 0 Å². The lowest BCUT2D eigenvalue weighted by molar-refractivity contribution is -0.123. The molecule has 1 N–H and O–H groups in total. The predicted molar refractivity (Wildman–Crippen MR) is 93.5 cm³/mol. The van der Waals surface area contributed by atoms with Gasteiger partial charge in [0.05, 0.1) is 5.56 Å². The quantitative estimate of drug-likeness (QED) is 0.825. The smallest absolute Gasteiger partial charge is 0.339 e. The van der Waals surface area contributed by atoms with Crippen LogP contribution in [0.1, 0.15) is 17.3 Å². The van der Waals surface area contributed by atoms with Crippen LogP contribution in [-0.4, -0.2) is 38.0 Å². The fourth-order valence-electron chi connectivity index (χ4n) is 2.67. The van der Waals surface area contributed by atoms with Gasteiger partial charge in [0, 0.05) is 11.8 Å². The molecule has 0 saturated heterocycles. The second kappa shape index (κ2) is 7.06. The van der Waals surface area contributed by atoms with Gasteiger partial charge in [-0.15, -0.1) is 0 Å². The van der Waals surface area contributed by atoms with Crippen molar-refractivity contribution in [3.05, 3.63) is 42.0 Å². The van der Waals surface area contributed by atoms with Crippen LogP contribution >= 0.6 is 0 Å². The lowest BCUT2D eigenvalue weighted by Gasteiger charge is -2.19. The monoisotopic (exact) mass is 371 g/mol. The van der Waals surface area contributed by atoms with E-state index in [-0.39, 0.29) is 12.4 Å². The van der Waals surface area contributed by atoms with E-state index in [1.54, 1.807) is 30.3 Å². The topological polar surface area (TPSA) is 92.3 Å². The molecule has 2 aliphatic rings. The van der Waals surface area contributed by atoms with E-state index >= 15 is 0 Å². The molecule has 2 heterocycles. The molecule has 0 radical (unpaired) electrons. The van der Waals surface area contributed by atoms with Crippen LogP contribution in [0.4, 0.5) is 5.69 Å². The van der Waals surface area contributed by atoms with E-state index < -0.39 is 18.0 Å². The van der Waals surface area contributed by atoms with Gasteiger partial charge in [0.2, 0.25) is 6.79 Å². The molecule has 27 heavy (non-hydrogen) atoms. The Labute approximate surface area is 154 Å². The molecule has 8 heteroatoms. The van der Waals surface area contributed by atoms with E-state index in [0.29, 0.717) is 41.9 Å². The highest BCUT2D eigenvalue weighted by molar-refractivity contribution is 5.97. The molecular weight excluding hydrogens is 354 g/mol. The minimum atomic E-state index is -0.990.